The van der Waals surface area contributed by atoms with E-state index in [0.717, 1.165) is 19.3 Å². The van der Waals surface area contributed by atoms with Gasteiger partial charge in [0.25, 0.3) is 0 Å². The summed E-state index contributed by atoms with van der Waals surface area (Å²) in [4.78, 5) is 10.6. The second-order valence-electron chi connectivity index (χ2n) is 8.22. The Balaban J connectivity index is 1.33. The van der Waals surface area contributed by atoms with Gasteiger partial charge in [0.05, 0.1) is 12.2 Å². The molecule has 2 aliphatic rings. The lowest BCUT2D eigenvalue weighted by molar-refractivity contribution is -0.137. The maximum absolute atomic E-state index is 12.9. The molecule has 0 aromatic heterocycles. The van der Waals surface area contributed by atoms with Gasteiger partial charge in [-0.15, -0.1) is 0 Å². The minimum absolute atomic E-state index is 0.167. The van der Waals surface area contributed by atoms with Crippen LogP contribution in [0.25, 0.3) is 0 Å². The van der Waals surface area contributed by atoms with Crippen LogP contribution in [0.2, 0.25) is 0 Å². The molecular weight excluding hydrogens is 363 g/mol. The number of carbonyl (C=O) groups is 1. The molecule has 0 amide bonds. The van der Waals surface area contributed by atoms with Crippen LogP contribution in [0.3, 0.4) is 0 Å². The third-order valence-corrected chi connectivity index (χ3v) is 6.24. The van der Waals surface area contributed by atoms with Crippen molar-refractivity contribution in [2.24, 2.45) is 17.8 Å². The van der Waals surface area contributed by atoms with Gasteiger partial charge in [-0.25, -0.2) is 4.39 Å². The summed E-state index contributed by atoms with van der Waals surface area (Å²) < 4.78 is 24.3. The molecule has 28 heavy (non-hydrogen) atoms. The van der Waals surface area contributed by atoms with E-state index in [2.05, 4.69) is 0 Å². The first-order valence-electron chi connectivity index (χ1n) is 10.4. The number of rotatable bonds is 11. The molecule has 0 saturated heterocycles. The van der Waals surface area contributed by atoms with Crippen LogP contribution in [0, 0.1) is 23.6 Å². The molecule has 1 aromatic carbocycles. The summed E-state index contributed by atoms with van der Waals surface area (Å²) in [6.07, 6.45) is 6.77. The van der Waals surface area contributed by atoms with Crippen molar-refractivity contribution in [1.29, 1.82) is 0 Å². The van der Waals surface area contributed by atoms with Crippen molar-refractivity contribution in [3.8, 4) is 5.75 Å². The predicted octanol–water partition coefficient (Wildman–Crippen LogP) is 4.03. The first-order chi connectivity index (χ1) is 13.5. The Morgan fingerprint density at radius 3 is 2.75 bits per heavy atom. The molecule has 1 aromatic rings. The molecule has 0 bridgehead atoms. The lowest BCUT2D eigenvalue weighted by Gasteiger charge is -2.21. The molecular formula is C22H31FO5. The van der Waals surface area contributed by atoms with Crippen molar-refractivity contribution in [3.63, 3.8) is 0 Å². The van der Waals surface area contributed by atoms with E-state index < -0.39 is 12.1 Å². The lowest BCUT2D eigenvalue weighted by Crippen LogP contribution is -2.20. The minimum Gasteiger partial charge on any atom is -0.491 e. The van der Waals surface area contributed by atoms with Crippen molar-refractivity contribution in [2.45, 2.75) is 63.6 Å². The molecule has 2 aliphatic carbocycles. The van der Waals surface area contributed by atoms with Gasteiger partial charge in [0, 0.05) is 13.0 Å². The van der Waals surface area contributed by atoms with E-state index >= 15 is 0 Å². The Labute approximate surface area is 165 Å². The van der Waals surface area contributed by atoms with E-state index in [1.807, 2.05) is 0 Å². The Morgan fingerprint density at radius 2 is 2.00 bits per heavy atom. The smallest absolute Gasteiger partial charge is 0.303 e. The van der Waals surface area contributed by atoms with E-state index in [-0.39, 0.29) is 24.9 Å². The van der Waals surface area contributed by atoms with Gasteiger partial charge in [-0.1, -0.05) is 0 Å². The van der Waals surface area contributed by atoms with Gasteiger partial charge in [-0.05, 0) is 87.0 Å². The van der Waals surface area contributed by atoms with Crippen LogP contribution in [-0.2, 0) is 9.53 Å². The molecule has 2 saturated carbocycles. The molecule has 2 unspecified atom stereocenters. The number of hydrogen-bond acceptors (Lipinski definition) is 4. The summed E-state index contributed by atoms with van der Waals surface area (Å²) in [6.45, 7) is 0.752. The summed E-state index contributed by atoms with van der Waals surface area (Å²) in [5, 5.41) is 18.9. The fourth-order valence-electron chi connectivity index (χ4n) is 4.84. The second kappa shape index (κ2) is 10.2. The Bertz CT molecular complexity index is 620. The Kier molecular flexibility index (Phi) is 7.68. The number of hydrogen-bond donors (Lipinski definition) is 2. The zero-order chi connectivity index (χ0) is 19.9. The molecule has 3 rings (SSSR count). The topological polar surface area (TPSA) is 76.0 Å². The molecule has 2 N–H and O–H groups in total. The summed E-state index contributed by atoms with van der Waals surface area (Å²) in [5.74, 6) is 1.49. The van der Waals surface area contributed by atoms with Crippen molar-refractivity contribution >= 4 is 5.97 Å². The van der Waals surface area contributed by atoms with E-state index in [1.165, 1.54) is 25.0 Å². The highest BCUT2D eigenvalue weighted by molar-refractivity contribution is 5.66. The average molecular weight is 394 g/mol. The highest BCUT2D eigenvalue weighted by atomic mass is 19.1. The van der Waals surface area contributed by atoms with Crippen LogP contribution in [0.15, 0.2) is 24.3 Å². The average Bonchev–Trinajstić information content (AvgIpc) is 3.23. The van der Waals surface area contributed by atoms with Crippen molar-refractivity contribution in [3.05, 3.63) is 30.1 Å². The molecule has 156 valence electrons. The van der Waals surface area contributed by atoms with Gasteiger partial charge in [0.1, 0.15) is 18.2 Å². The summed E-state index contributed by atoms with van der Waals surface area (Å²) in [6, 6.07) is 5.83. The summed E-state index contributed by atoms with van der Waals surface area (Å²) in [7, 11) is 0. The van der Waals surface area contributed by atoms with E-state index in [0.29, 0.717) is 43.0 Å². The third kappa shape index (κ3) is 6.17. The van der Waals surface area contributed by atoms with E-state index in [9.17, 15) is 14.3 Å². The van der Waals surface area contributed by atoms with E-state index in [1.54, 1.807) is 12.1 Å². The fourth-order valence-corrected chi connectivity index (χ4v) is 4.84. The van der Waals surface area contributed by atoms with Gasteiger partial charge in [-0.2, -0.15) is 0 Å². The van der Waals surface area contributed by atoms with Crippen molar-refractivity contribution in [1.82, 2.24) is 0 Å². The monoisotopic (exact) mass is 394 g/mol. The number of aliphatic hydroxyl groups excluding tert-OH is 1. The van der Waals surface area contributed by atoms with Gasteiger partial charge >= 0.3 is 5.97 Å². The van der Waals surface area contributed by atoms with Gasteiger partial charge < -0.3 is 19.7 Å². The maximum Gasteiger partial charge on any atom is 0.303 e. The summed E-state index contributed by atoms with van der Waals surface area (Å²) in [5.41, 5.74) is 0. The number of aliphatic hydroxyl groups is 1. The molecule has 0 aliphatic heterocycles. The quantitative estimate of drug-likeness (QED) is 0.554. The number of ether oxygens (including phenoxy) is 2. The van der Waals surface area contributed by atoms with Gasteiger partial charge in [0.2, 0.25) is 0 Å². The number of carboxylic acids is 1. The second-order valence-corrected chi connectivity index (χ2v) is 8.22. The van der Waals surface area contributed by atoms with Crippen LogP contribution < -0.4 is 4.74 Å². The van der Waals surface area contributed by atoms with Crippen LogP contribution in [-0.4, -0.2) is 41.6 Å². The number of fused-ring (bicyclic) bond motifs is 1. The summed E-state index contributed by atoms with van der Waals surface area (Å²) >= 11 is 0. The SMILES string of the molecule is O=C(O)CCCOC1C[C@@H]2CC[C@H](CCC(O)COc3ccc(F)cc3)[C@@H]2C1. The van der Waals surface area contributed by atoms with Crippen molar-refractivity contribution in [2.75, 3.05) is 13.2 Å². The standard InChI is InChI=1S/C22H31FO5/c23-17-6-9-19(10-7-17)28-14-18(24)8-5-15-3-4-16-12-20(13-21(15)16)27-11-1-2-22(25)26/h6-7,9-10,15-16,18,20-21,24H,1-5,8,11-14H2,(H,25,26)/t15-,16+,18?,20?,21+/m1/s1. The number of carboxylic acid groups (broad SMARTS) is 1. The normalized spacial score (nSPS) is 27.5. The van der Waals surface area contributed by atoms with Crippen LogP contribution in [0.1, 0.15) is 51.4 Å². The first kappa shape index (κ1) is 21.1. The molecule has 5 atom stereocenters. The number of benzene rings is 1. The minimum atomic E-state index is -0.770. The van der Waals surface area contributed by atoms with Crippen molar-refractivity contribution < 1.29 is 28.9 Å². The Hall–Kier alpha value is -1.66. The van der Waals surface area contributed by atoms with Crippen LogP contribution >= 0.6 is 0 Å². The number of halogens is 1. The highest BCUT2D eigenvalue weighted by Crippen LogP contribution is 2.50. The molecule has 5 nitrogen and oxygen atoms in total. The zero-order valence-electron chi connectivity index (χ0n) is 16.3. The van der Waals surface area contributed by atoms with Crippen LogP contribution in [0.5, 0.6) is 5.75 Å². The molecule has 0 radical (unpaired) electrons. The third-order valence-electron chi connectivity index (χ3n) is 6.24. The van der Waals surface area contributed by atoms with Crippen LogP contribution in [0.4, 0.5) is 4.39 Å². The molecule has 2 fully saturated rings. The zero-order valence-corrected chi connectivity index (χ0v) is 16.3. The fraction of sp³-hybridized carbons (Fsp3) is 0.682. The molecule has 6 heteroatoms. The van der Waals surface area contributed by atoms with Gasteiger partial charge in [-0.3, -0.25) is 4.79 Å². The predicted molar refractivity (Wildman–Crippen MR) is 103 cm³/mol. The molecule has 0 spiro atoms. The maximum atomic E-state index is 12.9. The van der Waals surface area contributed by atoms with Gasteiger partial charge in [0.15, 0.2) is 0 Å². The largest absolute Gasteiger partial charge is 0.491 e. The first-order valence-corrected chi connectivity index (χ1v) is 10.4. The highest BCUT2D eigenvalue weighted by Gasteiger charge is 2.43. The van der Waals surface area contributed by atoms with E-state index in [4.69, 9.17) is 14.6 Å². The molecule has 0 heterocycles. The Morgan fingerprint density at radius 1 is 1.21 bits per heavy atom. The lowest BCUT2D eigenvalue weighted by atomic mass is 9.88. The number of aliphatic carboxylic acids is 1.